The van der Waals surface area contributed by atoms with E-state index in [1.54, 1.807) is 19.9 Å². The molecule has 140 valence electrons. The maximum absolute atomic E-state index is 12.7. The van der Waals surface area contributed by atoms with Gasteiger partial charge in [-0.1, -0.05) is 15.9 Å². The molecule has 0 amide bonds. The third-order valence-electron chi connectivity index (χ3n) is 2.93. The van der Waals surface area contributed by atoms with E-state index in [4.69, 9.17) is 14.2 Å². The second-order valence-electron chi connectivity index (χ2n) is 4.69. The molecular formula is C15H20BrNO7S. The van der Waals surface area contributed by atoms with Crippen LogP contribution in [0.2, 0.25) is 0 Å². The van der Waals surface area contributed by atoms with Crippen LogP contribution < -0.4 is 9.04 Å². The Hall–Kier alpha value is -1.81. The molecule has 0 aliphatic heterocycles. The number of esters is 2. The van der Waals surface area contributed by atoms with Crippen molar-refractivity contribution in [1.29, 1.82) is 0 Å². The van der Waals surface area contributed by atoms with Crippen molar-refractivity contribution >= 4 is 43.6 Å². The van der Waals surface area contributed by atoms with Gasteiger partial charge in [0.1, 0.15) is 12.3 Å². The van der Waals surface area contributed by atoms with Crippen molar-refractivity contribution in [3.05, 3.63) is 22.7 Å². The fraction of sp³-hybridized carbons (Fsp3) is 0.467. The maximum Gasteiger partial charge on any atom is 0.326 e. The highest BCUT2D eigenvalue weighted by molar-refractivity contribution is 9.10. The standard InChI is InChI=1S/C15H20BrNO7S/c1-4-23-14(18)9-17(25(20,21)10-15(19)24-5-2)12-8-11(16)6-7-13(12)22-3/h6-8H,4-5,9-10H2,1-3H3. The smallest absolute Gasteiger partial charge is 0.326 e. The summed E-state index contributed by atoms with van der Waals surface area (Å²) in [7, 11) is -2.83. The molecule has 0 bridgehead atoms. The number of anilines is 1. The van der Waals surface area contributed by atoms with Crippen LogP contribution in [0.5, 0.6) is 5.75 Å². The molecule has 1 rings (SSSR count). The third-order valence-corrected chi connectivity index (χ3v) is 5.02. The summed E-state index contributed by atoms with van der Waals surface area (Å²) in [5.74, 6) is -2.35. The molecule has 0 unspecified atom stereocenters. The Kier molecular flexibility index (Phi) is 8.17. The van der Waals surface area contributed by atoms with Crippen molar-refractivity contribution in [2.75, 3.05) is 36.9 Å². The molecular weight excluding hydrogens is 418 g/mol. The van der Waals surface area contributed by atoms with Gasteiger partial charge < -0.3 is 14.2 Å². The van der Waals surface area contributed by atoms with Gasteiger partial charge in [-0.25, -0.2) is 8.42 Å². The lowest BCUT2D eigenvalue weighted by Gasteiger charge is -2.25. The summed E-state index contributed by atoms with van der Waals surface area (Å²) >= 11 is 3.25. The Morgan fingerprint density at radius 3 is 2.28 bits per heavy atom. The fourth-order valence-electron chi connectivity index (χ4n) is 1.94. The summed E-state index contributed by atoms with van der Waals surface area (Å²) in [6.45, 7) is 2.72. The van der Waals surface area contributed by atoms with Gasteiger partial charge in [0.2, 0.25) is 10.0 Å². The number of benzene rings is 1. The normalized spacial score (nSPS) is 10.9. The van der Waals surface area contributed by atoms with Gasteiger partial charge in [0.25, 0.3) is 0 Å². The average Bonchev–Trinajstić information content (AvgIpc) is 2.52. The van der Waals surface area contributed by atoms with Crippen LogP contribution in [0.4, 0.5) is 5.69 Å². The van der Waals surface area contributed by atoms with Gasteiger partial charge in [-0.15, -0.1) is 0 Å². The van der Waals surface area contributed by atoms with Gasteiger partial charge >= 0.3 is 11.9 Å². The van der Waals surface area contributed by atoms with Crippen molar-refractivity contribution < 1.29 is 32.2 Å². The number of carbonyl (C=O) groups is 2. The van der Waals surface area contributed by atoms with Gasteiger partial charge in [0.15, 0.2) is 5.75 Å². The molecule has 8 nitrogen and oxygen atoms in total. The molecule has 0 fully saturated rings. The number of hydrogen-bond donors (Lipinski definition) is 0. The fourth-order valence-corrected chi connectivity index (χ4v) is 3.58. The minimum atomic E-state index is -4.20. The third kappa shape index (κ3) is 6.20. The lowest BCUT2D eigenvalue weighted by molar-refractivity contribution is -0.142. The first-order valence-electron chi connectivity index (χ1n) is 7.40. The highest BCUT2D eigenvalue weighted by atomic mass is 79.9. The van der Waals surface area contributed by atoms with E-state index in [0.717, 1.165) is 4.31 Å². The molecule has 0 atom stereocenters. The Balaban J connectivity index is 3.32. The molecule has 10 heteroatoms. The second-order valence-corrected chi connectivity index (χ2v) is 7.50. The maximum atomic E-state index is 12.7. The Morgan fingerprint density at radius 1 is 1.12 bits per heavy atom. The minimum absolute atomic E-state index is 0.0481. The highest BCUT2D eigenvalue weighted by Gasteiger charge is 2.31. The first-order valence-corrected chi connectivity index (χ1v) is 9.80. The average molecular weight is 438 g/mol. The predicted molar refractivity (Wildman–Crippen MR) is 95.1 cm³/mol. The SMILES string of the molecule is CCOC(=O)CN(c1cc(Br)ccc1OC)S(=O)(=O)CC(=O)OCC. The molecule has 0 aromatic heterocycles. The van der Waals surface area contributed by atoms with E-state index in [0.29, 0.717) is 4.47 Å². The molecule has 0 saturated carbocycles. The quantitative estimate of drug-likeness (QED) is 0.542. The molecule has 1 aromatic rings. The lowest BCUT2D eigenvalue weighted by atomic mass is 10.3. The molecule has 1 aromatic carbocycles. The first kappa shape index (κ1) is 21.2. The van der Waals surface area contributed by atoms with Gasteiger partial charge in [-0.05, 0) is 32.0 Å². The number of halogens is 1. The van der Waals surface area contributed by atoms with Crippen LogP contribution >= 0.6 is 15.9 Å². The number of methoxy groups -OCH3 is 1. The number of sulfonamides is 1. The molecule has 0 aliphatic carbocycles. The Morgan fingerprint density at radius 2 is 1.72 bits per heavy atom. The molecule has 0 N–H and O–H groups in total. The molecule has 0 radical (unpaired) electrons. The molecule has 0 heterocycles. The second kappa shape index (κ2) is 9.62. The first-order chi connectivity index (χ1) is 11.7. The molecule has 0 saturated heterocycles. The van der Waals surface area contributed by atoms with E-state index in [9.17, 15) is 18.0 Å². The van der Waals surface area contributed by atoms with Crippen LogP contribution in [0.3, 0.4) is 0 Å². The number of rotatable bonds is 9. The summed E-state index contributed by atoms with van der Waals surface area (Å²) in [5, 5.41) is 0. The van der Waals surface area contributed by atoms with Crippen LogP contribution in [0.1, 0.15) is 13.8 Å². The van der Waals surface area contributed by atoms with Gasteiger partial charge in [-0.2, -0.15) is 0 Å². The van der Waals surface area contributed by atoms with Gasteiger partial charge in [0, 0.05) is 4.47 Å². The van der Waals surface area contributed by atoms with Gasteiger partial charge in [-0.3, -0.25) is 13.9 Å². The van der Waals surface area contributed by atoms with E-state index < -0.39 is 34.3 Å². The lowest BCUT2D eigenvalue weighted by Crippen LogP contribution is -2.40. The minimum Gasteiger partial charge on any atom is -0.495 e. The molecule has 0 aliphatic rings. The van der Waals surface area contributed by atoms with Crippen molar-refractivity contribution in [2.45, 2.75) is 13.8 Å². The van der Waals surface area contributed by atoms with Gasteiger partial charge in [0.05, 0.1) is 26.0 Å². The summed E-state index contributed by atoms with van der Waals surface area (Å²) in [6, 6.07) is 4.67. The van der Waals surface area contributed by atoms with Crippen LogP contribution in [0.25, 0.3) is 0 Å². The van der Waals surface area contributed by atoms with Crippen molar-refractivity contribution in [3.63, 3.8) is 0 Å². The van der Waals surface area contributed by atoms with Crippen LogP contribution in [0.15, 0.2) is 22.7 Å². The zero-order valence-corrected chi connectivity index (χ0v) is 16.6. The summed E-state index contributed by atoms with van der Waals surface area (Å²) in [5.41, 5.74) is 0.106. The van der Waals surface area contributed by atoms with E-state index in [2.05, 4.69) is 15.9 Å². The molecule has 0 spiro atoms. The number of hydrogen-bond acceptors (Lipinski definition) is 7. The number of nitrogens with zero attached hydrogens (tertiary/aromatic N) is 1. The summed E-state index contributed by atoms with van der Waals surface area (Å²) in [4.78, 5) is 23.5. The topological polar surface area (TPSA) is 99.2 Å². The zero-order chi connectivity index (χ0) is 19.0. The zero-order valence-electron chi connectivity index (χ0n) is 14.2. The Bertz CT molecular complexity index is 721. The molecule has 25 heavy (non-hydrogen) atoms. The largest absolute Gasteiger partial charge is 0.495 e. The van der Waals surface area contributed by atoms with Crippen molar-refractivity contribution in [1.82, 2.24) is 0 Å². The van der Waals surface area contributed by atoms with E-state index in [1.807, 2.05) is 0 Å². The van der Waals surface area contributed by atoms with Crippen LogP contribution in [-0.2, 0) is 29.1 Å². The highest BCUT2D eigenvalue weighted by Crippen LogP contribution is 2.33. The van der Waals surface area contributed by atoms with Crippen LogP contribution in [0, 0.1) is 0 Å². The summed E-state index contributed by atoms with van der Waals surface area (Å²) < 4.78 is 41.4. The van der Waals surface area contributed by atoms with Crippen LogP contribution in [-0.4, -0.2) is 53.0 Å². The number of ether oxygens (including phenoxy) is 3. The predicted octanol–water partition coefficient (Wildman–Crippen LogP) is 1.72. The van der Waals surface area contributed by atoms with Crippen molar-refractivity contribution in [2.24, 2.45) is 0 Å². The van der Waals surface area contributed by atoms with Crippen molar-refractivity contribution in [3.8, 4) is 5.75 Å². The Labute approximate surface area is 155 Å². The summed E-state index contributed by atoms with van der Waals surface area (Å²) in [6.07, 6.45) is 0. The number of carbonyl (C=O) groups excluding carboxylic acids is 2. The monoisotopic (exact) mass is 437 g/mol. The van der Waals surface area contributed by atoms with E-state index in [-0.39, 0.29) is 24.7 Å². The van der Waals surface area contributed by atoms with E-state index >= 15 is 0 Å². The van der Waals surface area contributed by atoms with E-state index in [1.165, 1.54) is 19.2 Å².